The van der Waals surface area contributed by atoms with Crippen molar-refractivity contribution in [3.8, 4) is 0 Å². The van der Waals surface area contributed by atoms with Gasteiger partial charge in [-0.05, 0) is 33.1 Å². The van der Waals surface area contributed by atoms with Gasteiger partial charge >= 0.3 is 11.9 Å². The third-order valence-corrected chi connectivity index (χ3v) is 3.21. The number of carboxylic acid groups (broad SMARTS) is 1. The van der Waals surface area contributed by atoms with Gasteiger partial charge in [-0.1, -0.05) is 38.7 Å². The average molecular weight is 284 g/mol. The van der Waals surface area contributed by atoms with Gasteiger partial charge in [0.15, 0.2) is 0 Å². The molecule has 4 heteroatoms. The van der Waals surface area contributed by atoms with Gasteiger partial charge in [0.1, 0.15) is 5.60 Å². The van der Waals surface area contributed by atoms with Gasteiger partial charge in [0.25, 0.3) is 0 Å². The van der Waals surface area contributed by atoms with Crippen LogP contribution in [0, 0.1) is 0 Å². The van der Waals surface area contributed by atoms with Crippen LogP contribution in [0.5, 0.6) is 0 Å². The van der Waals surface area contributed by atoms with Crippen molar-refractivity contribution in [2.45, 2.75) is 77.2 Å². The van der Waals surface area contributed by atoms with Crippen molar-refractivity contribution in [3.63, 3.8) is 0 Å². The van der Waals surface area contributed by atoms with Crippen molar-refractivity contribution in [1.29, 1.82) is 0 Å². The van der Waals surface area contributed by atoms with Gasteiger partial charge in [-0.25, -0.2) is 4.79 Å². The maximum absolute atomic E-state index is 11.1. The second-order valence-electron chi connectivity index (χ2n) is 5.75. The fourth-order valence-corrected chi connectivity index (χ4v) is 2.08. The first kappa shape index (κ1) is 18.7. The van der Waals surface area contributed by atoms with E-state index in [0.29, 0.717) is 0 Å². The minimum Gasteiger partial charge on any atom is -0.481 e. The van der Waals surface area contributed by atoms with E-state index in [2.05, 4.69) is 6.58 Å². The molecule has 0 aliphatic rings. The predicted molar refractivity (Wildman–Crippen MR) is 79.6 cm³/mol. The van der Waals surface area contributed by atoms with Gasteiger partial charge < -0.3 is 9.84 Å². The Kier molecular flexibility index (Phi) is 9.77. The first-order chi connectivity index (χ1) is 9.37. The molecule has 0 rings (SSSR count). The van der Waals surface area contributed by atoms with Gasteiger partial charge in [-0.3, -0.25) is 4.79 Å². The highest BCUT2D eigenvalue weighted by atomic mass is 16.6. The lowest BCUT2D eigenvalue weighted by atomic mass is 9.99. The molecule has 1 N–H and O–H groups in total. The van der Waals surface area contributed by atoms with Crippen molar-refractivity contribution < 1.29 is 19.4 Å². The lowest BCUT2D eigenvalue weighted by Crippen LogP contribution is -2.27. The van der Waals surface area contributed by atoms with Gasteiger partial charge in [0.2, 0.25) is 0 Å². The normalized spacial score (nSPS) is 11.1. The zero-order valence-electron chi connectivity index (χ0n) is 12.8. The SMILES string of the molecule is C=CC(=O)OC(C)(C)CCCCCCCCCC(=O)O. The number of carbonyl (C=O) groups is 2. The molecular weight excluding hydrogens is 256 g/mol. The largest absolute Gasteiger partial charge is 0.481 e. The summed E-state index contributed by atoms with van der Waals surface area (Å²) in [6.07, 6.45) is 9.65. The Morgan fingerprint density at radius 2 is 1.55 bits per heavy atom. The Labute approximate surface area is 122 Å². The standard InChI is InChI=1S/C16H28O4/c1-4-15(19)20-16(2,3)13-11-9-7-5-6-8-10-12-14(17)18/h4H,1,5-13H2,2-3H3,(H,17,18). The summed E-state index contributed by atoms with van der Waals surface area (Å²) in [7, 11) is 0. The molecule has 0 radical (unpaired) electrons. The highest BCUT2D eigenvalue weighted by Crippen LogP contribution is 2.20. The second-order valence-corrected chi connectivity index (χ2v) is 5.75. The molecule has 0 saturated carbocycles. The van der Waals surface area contributed by atoms with Gasteiger partial charge in [-0.2, -0.15) is 0 Å². The third-order valence-electron chi connectivity index (χ3n) is 3.21. The molecule has 0 fully saturated rings. The van der Waals surface area contributed by atoms with E-state index in [0.717, 1.165) is 51.4 Å². The van der Waals surface area contributed by atoms with E-state index in [9.17, 15) is 9.59 Å². The molecule has 0 heterocycles. The third kappa shape index (κ3) is 11.8. The summed E-state index contributed by atoms with van der Waals surface area (Å²) in [5.41, 5.74) is -0.424. The Morgan fingerprint density at radius 1 is 1.05 bits per heavy atom. The number of rotatable bonds is 12. The Bertz CT molecular complexity index is 308. The van der Waals surface area contributed by atoms with Crippen LogP contribution >= 0.6 is 0 Å². The van der Waals surface area contributed by atoms with Crippen LogP contribution in [0.15, 0.2) is 12.7 Å². The van der Waals surface area contributed by atoms with Gasteiger partial charge in [0, 0.05) is 12.5 Å². The molecule has 0 bridgehead atoms. The summed E-state index contributed by atoms with van der Waals surface area (Å²) in [4.78, 5) is 21.5. The summed E-state index contributed by atoms with van der Waals surface area (Å²) in [5, 5.41) is 8.50. The summed E-state index contributed by atoms with van der Waals surface area (Å²) in [6, 6.07) is 0. The van der Waals surface area contributed by atoms with E-state index in [1.54, 1.807) is 0 Å². The molecule has 0 aliphatic carbocycles. The Balaban J connectivity index is 3.45. The number of hydrogen-bond donors (Lipinski definition) is 1. The van der Waals surface area contributed by atoms with Gasteiger partial charge in [-0.15, -0.1) is 0 Å². The van der Waals surface area contributed by atoms with E-state index in [-0.39, 0.29) is 12.4 Å². The van der Waals surface area contributed by atoms with Crippen molar-refractivity contribution in [3.05, 3.63) is 12.7 Å². The topological polar surface area (TPSA) is 63.6 Å². The van der Waals surface area contributed by atoms with Gasteiger partial charge in [0.05, 0.1) is 0 Å². The summed E-state index contributed by atoms with van der Waals surface area (Å²) in [6.45, 7) is 7.22. The molecule has 20 heavy (non-hydrogen) atoms. The maximum Gasteiger partial charge on any atom is 0.330 e. The second kappa shape index (κ2) is 10.5. The number of esters is 1. The average Bonchev–Trinajstić information content (AvgIpc) is 2.35. The molecule has 4 nitrogen and oxygen atoms in total. The molecule has 0 spiro atoms. The van der Waals surface area contributed by atoms with Crippen LogP contribution in [-0.2, 0) is 14.3 Å². The van der Waals surface area contributed by atoms with E-state index in [1.165, 1.54) is 6.08 Å². The number of aliphatic carboxylic acids is 1. The van der Waals surface area contributed by atoms with Crippen molar-refractivity contribution in [2.75, 3.05) is 0 Å². The number of unbranched alkanes of at least 4 members (excludes halogenated alkanes) is 6. The van der Waals surface area contributed by atoms with Crippen molar-refractivity contribution in [1.82, 2.24) is 0 Å². The summed E-state index contributed by atoms with van der Waals surface area (Å²) in [5.74, 6) is -1.07. The fourth-order valence-electron chi connectivity index (χ4n) is 2.08. The van der Waals surface area contributed by atoms with E-state index in [4.69, 9.17) is 9.84 Å². The molecule has 0 aromatic rings. The van der Waals surface area contributed by atoms with Crippen LogP contribution in [0.1, 0.15) is 71.6 Å². The highest BCUT2D eigenvalue weighted by Gasteiger charge is 2.20. The van der Waals surface area contributed by atoms with Crippen LogP contribution in [0.2, 0.25) is 0 Å². The minimum atomic E-state index is -0.707. The molecule has 0 unspecified atom stereocenters. The molecule has 0 aromatic heterocycles. The van der Waals surface area contributed by atoms with Crippen molar-refractivity contribution in [2.24, 2.45) is 0 Å². The van der Waals surface area contributed by atoms with E-state index in [1.807, 2.05) is 13.8 Å². The number of carbonyl (C=O) groups excluding carboxylic acids is 1. The molecule has 0 amide bonds. The zero-order chi connectivity index (χ0) is 15.4. The summed E-state index contributed by atoms with van der Waals surface area (Å²) >= 11 is 0. The first-order valence-electron chi connectivity index (χ1n) is 7.44. The molecule has 0 atom stereocenters. The lowest BCUT2D eigenvalue weighted by Gasteiger charge is -2.24. The fraction of sp³-hybridized carbons (Fsp3) is 0.750. The monoisotopic (exact) mass is 284 g/mol. The molecule has 0 aromatic carbocycles. The lowest BCUT2D eigenvalue weighted by molar-refractivity contribution is -0.150. The van der Waals surface area contributed by atoms with Crippen LogP contribution < -0.4 is 0 Å². The minimum absolute atomic E-state index is 0.281. The Hall–Kier alpha value is -1.32. The van der Waals surface area contributed by atoms with Crippen LogP contribution in [0.25, 0.3) is 0 Å². The van der Waals surface area contributed by atoms with Crippen LogP contribution in [-0.4, -0.2) is 22.6 Å². The van der Waals surface area contributed by atoms with E-state index >= 15 is 0 Å². The highest BCUT2D eigenvalue weighted by molar-refractivity contribution is 5.81. The maximum atomic E-state index is 11.1. The number of hydrogen-bond acceptors (Lipinski definition) is 3. The van der Waals surface area contributed by atoms with Crippen molar-refractivity contribution >= 4 is 11.9 Å². The predicted octanol–water partition coefficient (Wildman–Crippen LogP) is 4.09. The zero-order valence-corrected chi connectivity index (χ0v) is 12.8. The quantitative estimate of drug-likeness (QED) is 0.333. The number of ether oxygens (including phenoxy) is 1. The van der Waals surface area contributed by atoms with Crippen LogP contribution in [0.4, 0.5) is 0 Å². The summed E-state index contributed by atoms with van der Waals surface area (Å²) < 4.78 is 5.26. The smallest absolute Gasteiger partial charge is 0.330 e. The molecular formula is C16H28O4. The van der Waals surface area contributed by atoms with Crippen LogP contribution in [0.3, 0.4) is 0 Å². The molecule has 0 aliphatic heterocycles. The Morgan fingerprint density at radius 3 is 2.05 bits per heavy atom. The number of carboxylic acids is 1. The molecule has 0 saturated heterocycles. The van der Waals surface area contributed by atoms with E-state index < -0.39 is 11.6 Å². The molecule has 116 valence electrons. The first-order valence-corrected chi connectivity index (χ1v) is 7.44.